The first-order valence-electron chi connectivity index (χ1n) is 5.31. The number of aromatic nitrogens is 1. The minimum Gasteiger partial charge on any atom is -0.493 e. The minimum atomic E-state index is -1.24. The molecule has 18 heavy (non-hydrogen) atoms. The molecule has 0 saturated heterocycles. The van der Waals surface area contributed by atoms with E-state index < -0.39 is 11.8 Å². The molecule has 6 heteroatoms. The first-order valence-corrected chi connectivity index (χ1v) is 5.31. The summed E-state index contributed by atoms with van der Waals surface area (Å²) in [5.74, 6) is -1.54. The normalized spacial score (nSPS) is 13.2. The van der Waals surface area contributed by atoms with E-state index >= 15 is 0 Å². The molecule has 1 aromatic heterocycles. The van der Waals surface area contributed by atoms with Crippen LogP contribution in [0.4, 0.5) is 4.39 Å². The van der Waals surface area contributed by atoms with Crippen LogP contribution in [0.15, 0.2) is 22.7 Å². The molecule has 0 bridgehead atoms. The van der Waals surface area contributed by atoms with E-state index in [-0.39, 0.29) is 17.0 Å². The molecule has 92 valence electrons. The summed E-state index contributed by atoms with van der Waals surface area (Å²) in [5.41, 5.74) is 1.27. The van der Waals surface area contributed by atoms with Gasteiger partial charge in [-0.3, -0.25) is 0 Å². The third kappa shape index (κ3) is 1.62. The lowest BCUT2D eigenvalue weighted by atomic mass is 10.1. The van der Waals surface area contributed by atoms with Gasteiger partial charge in [-0.2, -0.15) is 0 Å². The molecule has 5 nitrogen and oxygen atoms in total. The molecule has 0 atom stereocenters. The van der Waals surface area contributed by atoms with E-state index in [0.717, 1.165) is 5.56 Å². The molecule has 0 spiro atoms. The van der Waals surface area contributed by atoms with E-state index in [1.165, 1.54) is 12.1 Å². The Labute approximate surface area is 101 Å². The fourth-order valence-corrected chi connectivity index (χ4v) is 1.90. The zero-order valence-corrected chi connectivity index (χ0v) is 9.14. The van der Waals surface area contributed by atoms with Crippen LogP contribution >= 0.6 is 0 Å². The summed E-state index contributed by atoms with van der Waals surface area (Å²) >= 11 is 0. The topological polar surface area (TPSA) is 72.6 Å². The highest BCUT2D eigenvalue weighted by molar-refractivity contribution is 5.85. The summed E-state index contributed by atoms with van der Waals surface area (Å²) in [6.45, 7) is 0.525. The van der Waals surface area contributed by atoms with Crippen molar-refractivity contribution in [3.05, 3.63) is 35.3 Å². The first-order chi connectivity index (χ1) is 8.65. The largest absolute Gasteiger partial charge is 0.493 e. The Morgan fingerprint density at radius 2 is 2.22 bits per heavy atom. The monoisotopic (exact) mass is 249 g/mol. The van der Waals surface area contributed by atoms with Gasteiger partial charge in [-0.25, -0.2) is 9.18 Å². The van der Waals surface area contributed by atoms with Gasteiger partial charge in [-0.15, -0.1) is 0 Å². The van der Waals surface area contributed by atoms with Gasteiger partial charge < -0.3 is 14.4 Å². The zero-order valence-electron chi connectivity index (χ0n) is 9.14. The molecule has 2 aromatic rings. The molecule has 0 amide bonds. The summed E-state index contributed by atoms with van der Waals surface area (Å²) in [5, 5.41) is 12.3. The molecule has 0 aliphatic carbocycles. The molecule has 0 saturated carbocycles. The lowest BCUT2D eigenvalue weighted by Crippen LogP contribution is -1.92. The minimum absolute atomic E-state index is 0.166. The van der Waals surface area contributed by atoms with Gasteiger partial charge in [0.1, 0.15) is 17.3 Å². The second kappa shape index (κ2) is 3.83. The predicted molar refractivity (Wildman–Crippen MR) is 58.1 cm³/mol. The van der Waals surface area contributed by atoms with Crippen molar-refractivity contribution in [2.45, 2.75) is 6.42 Å². The van der Waals surface area contributed by atoms with Crippen LogP contribution < -0.4 is 4.74 Å². The summed E-state index contributed by atoms with van der Waals surface area (Å²) in [6, 6.07) is 4.09. The highest BCUT2D eigenvalue weighted by Crippen LogP contribution is 2.32. The summed E-state index contributed by atoms with van der Waals surface area (Å²) in [7, 11) is 0. The SMILES string of the molecule is O=C(O)c1cc(-c2cc3c(cc2F)OCC3)no1. The van der Waals surface area contributed by atoms with E-state index in [1.54, 1.807) is 6.07 Å². The molecule has 3 rings (SSSR count). The van der Waals surface area contributed by atoms with Crippen LogP contribution in [0.5, 0.6) is 5.75 Å². The van der Waals surface area contributed by atoms with Crippen LogP contribution in [0.2, 0.25) is 0 Å². The highest BCUT2D eigenvalue weighted by atomic mass is 19.1. The number of ether oxygens (including phenoxy) is 1. The number of carbonyl (C=O) groups is 1. The smallest absolute Gasteiger partial charge is 0.374 e. The van der Waals surface area contributed by atoms with Crippen LogP contribution in [0.1, 0.15) is 16.1 Å². The molecule has 1 aliphatic rings. The van der Waals surface area contributed by atoms with Gasteiger partial charge >= 0.3 is 5.97 Å². The van der Waals surface area contributed by atoms with Gasteiger partial charge in [0.2, 0.25) is 5.76 Å². The van der Waals surface area contributed by atoms with Crippen molar-refractivity contribution in [2.75, 3.05) is 6.61 Å². The Hall–Kier alpha value is -2.37. The lowest BCUT2D eigenvalue weighted by Gasteiger charge is -2.02. The third-order valence-electron chi connectivity index (χ3n) is 2.78. The summed E-state index contributed by atoms with van der Waals surface area (Å²) in [6.07, 6.45) is 0.701. The Kier molecular flexibility index (Phi) is 2.29. The second-order valence-electron chi connectivity index (χ2n) is 3.92. The van der Waals surface area contributed by atoms with Crippen LogP contribution in [-0.2, 0) is 6.42 Å². The molecule has 0 radical (unpaired) electrons. The maximum atomic E-state index is 13.8. The molecule has 0 fully saturated rings. The molecular weight excluding hydrogens is 241 g/mol. The number of hydrogen-bond acceptors (Lipinski definition) is 4. The average Bonchev–Trinajstić information content (AvgIpc) is 2.94. The average molecular weight is 249 g/mol. The first kappa shape index (κ1) is 10.8. The number of nitrogens with zero attached hydrogens (tertiary/aromatic N) is 1. The molecular formula is C12H8FNO4. The van der Waals surface area contributed by atoms with Crippen molar-refractivity contribution < 1.29 is 23.6 Å². The molecule has 0 unspecified atom stereocenters. The van der Waals surface area contributed by atoms with Crippen molar-refractivity contribution in [1.82, 2.24) is 5.16 Å². The van der Waals surface area contributed by atoms with E-state index in [0.29, 0.717) is 18.8 Å². The Morgan fingerprint density at radius 1 is 1.39 bits per heavy atom. The fraction of sp³-hybridized carbons (Fsp3) is 0.167. The van der Waals surface area contributed by atoms with Crippen molar-refractivity contribution in [3.8, 4) is 17.0 Å². The van der Waals surface area contributed by atoms with E-state index in [1.807, 2.05) is 0 Å². The van der Waals surface area contributed by atoms with E-state index in [9.17, 15) is 9.18 Å². The Morgan fingerprint density at radius 3 is 2.94 bits per heavy atom. The number of carboxylic acids is 1. The van der Waals surface area contributed by atoms with Gasteiger partial charge in [-0.05, 0) is 11.6 Å². The Bertz CT molecular complexity index is 635. The standard InChI is InChI=1S/C12H8FNO4/c13-8-4-10-6(1-2-17-10)3-7(8)9-5-11(12(15)16)18-14-9/h3-5H,1-2H2,(H,15,16). The second-order valence-corrected chi connectivity index (χ2v) is 3.92. The maximum absolute atomic E-state index is 13.8. The molecule has 1 aromatic carbocycles. The van der Waals surface area contributed by atoms with Gasteiger partial charge in [0.05, 0.1) is 6.61 Å². The van der Waals surface area contributed by atoms with Gasteiger partial charge in [0, 0.05) is 24.1 Å². The zero-order chi connectivity index (χ0) is 12.7. The van der Waals surface area contributed by atoms with Crippen LogP contribution in [-0.4, -0.2) is 22.8 Å². The van der Waals surface area contributed by atoms with Crippen LogP contribution in [0.3, 0.4) is 0 Å². The molecule has 1 aliphatic heterocycles. The van der Waals surface area contributed by atoms with Crippen LogP contribution in [0.25, 0.3) is 11.3 Å². The summed E-state index contributed by atoms with van der Waals surface area (Å²) < 4.78 is 23.7. The molecule has 2 heterocycles. The predicted octanol–water partition coefficient (Wildman–Crippen LogP) is 2.11. The van der Waals surface area contributed by atoms with Crippen molar-refractivity contribution in [3.63, 3.8) is 0 Å². The van der Waals surface area contributed by atoms with Crippen LogP contribution in [0, 0.1) is 5.82 Å². The van der Waals surface area contributed by atoms with Crippen molar-refractivity contribution in [1.29, 1.82) is 0 Å². The van der Waals surface area contributed by atoms with Gasteiger partial charge in [0.25, 0.3) is 0 Å². The number of rotatable bonds is 2. The maximum Gasteiger partial charge on any atom is 0.374 e. The fourth-order valence-electron chi connectivity index (χ4n) is 1.90. The number of halogens is 1. The quantitative estimate of drug-likeness (QED) is 0.882. The number of carboxylic acid groups (broad SMARTS) is 1. The van der Waals surface area contributed by atoms with E-state index in [2.05, 4.69) is 9.68 Å². The van der Waals surface area contributed by atoms with Gasteiger partial charge in [0.15, 0.2) is 0 Å². The third-order valence-corrected chi connectivity index (χ3v) is 2.78. The van der Waals surface area contributed by atoms with Crippen molar-refractivity contribution in [2.24, 2.45) is 0 Å². The van der Waals surface area contributed by atoms with Gasteiger partial charge in [-0.1, -0.05) is 5.16 Å². The lowest BCUT2D eigenvalue weighted by molar-refractivity contribution is 0.0652. The number of benzene rings is 1. The molecule has 1 N–H and O–H groups in total. The van der Waals surface area contributed by atoms with Crippen molar-refractivity contribution >= 4 is 5.97 Å². The number of hydrogen-bond donors (Lipinski definition) is 1. The van der Waals surface area contributed by atoms with E-state index in [4.69, 9.17) is 9.84 Å². The Balaban J connectivity index is 2.08. The number of aromatic carboxylic acids is 1. The summed E-state index contributed by atoms with van der Waals surface area (Å²) in [4.78, 5) is 10.7. The highest BCUT2D eigenvalue weighted by Gasteiger charge is 2.20. The number of fused-ring (bicyclic) bond motifs is 1.